The van der Waals surface area contributed by atoms with E-state index in [9.17, 15) is 0 Å². The number of nitrogens with zero attached hydrogens (tertiary/aromatic N) is 5. The average molecular weight is 329 g/mol. The Morgan fingerprint density at radius 1 is 1.13 bits per heavy atom. The van der Waals surface area contributed by atoms with Crippen LogP contribution in [0.5, 0.6) is 0 Å². The molecule has 1 saturated heterocycles. The molecule has 0 saturated carbocycles. The Kier molecular flexibility index (Phi) is 4.07. The van der Waals surface area contributed by atoms with Gasteiger partial charge in [-0.1, -0.05) is 12.1 Å². The van der Waals surface area contributed by atoms with Crippen molar-refractivity contribution >= 4 is 23.4 Å². The van der Waals surface area contributed by atoms with Crippen LogP contribution in [-0.2, 0) is 0 Å². The molecule has 0 unspecified atom stereocenters. The van der Waals surface area contributed by atoms with Crippen LogP contribution in [0.1, 0.15) is 0 Å². The topological polar surface area (TPSA) is 56.9 Å². The molecule has 0 atom stereocenters. The summed E-state index contributed by atoms with van der Waals surface area (Å²) < 4.78 is 2.08. The van der Waals surface area contributed by atoms with Gasteiger partial charge in [0, 0.05) is 50.0 Å². The maximum atomic E-state index is 9.09. The molecule has 120 valence electrons. The number of para-hydroxylation sites is 1. The molecule has 3 heterocycles. The summed E-state index contributed by atoms with van der Waals surface area (Å²) in [4.78, 5) is 15.1. The van der Waals surface area contributed by atoms with Crippen molar-refractivity contribution in [1.29, 1.82) is 0 Å². The number of aliphatic imine (C=N–C) groups is 1. The number of piperazine rings is 1. The molecule has 2 aliphatic rings. The molecule has 0 spiro atoms. The van der Waals surface area contributed by atoms with Crippen LogP contribution in [0.4, 0.5) is 5.69 Å². The van der Waals surface area contributed by atoms with Gasteiger partial charge in [0.15, 0.2) is 5.16 Å². The van der Waals surface area contributed by atoms with Gasteiger partial charge >= 0.3 is 0 Å². The lowest BCUT2D eigenvalue weighted by molar-refractivity contribution is 0.145. The number of aromatic nitrogens is 2. The Labute approximate surface area is 139 Å². The van der Waals surface area contributed by atoms with Gasteiger partial charge in [-0.15, -0.1) is 0 Å². The number of fused-ring (bicyclic) bond motifs is 2. The van der Waals surface area contributed by atoms with Crippen molar-refractivity contribution in [2.24, 2.45) is 4.99 Å². The van der Waals surface area contributed by atoms with Gasteiger partial charge in [-0.3, -0.25) is 9.47 Å². The number of imidazole rings is 1. The van der Waals surface area contributed by atoms with Crippen molar-refractivity contribution in [1.82, 2.24) is 19.4 Å². The minimum absolute atomic E-state index is 0.219. The second kappa shape index (κ2) is 6.35. The third kappa shape index (κ3) is 2.87. The molecule has 4 rings (SSSR count). The lowest BCUT2D eigenvalue weighted by Gasteiger charge is -2.36. The molecule has 0 radical (unpaired) electrons. The summed E-state index contributed by atoms with van der Waals surface area (Å²) in [5.74, 6) is 0.943. The minimum atomic E-state index is 0.219. The highest BCUT2D eigenvalue weighted by molar-refractivity contribution is 7.99. The van der Waals surface area contributed by atoms with Gasteiger partial charge in [-0.05, 0) is 23.9 Å². The first-order valence-corrected chi connectivity index (χ1v) is 8.64. The summed E-state index contributed by atoms with van der Waals surface area (Å²) in [6, 6.07) is 8.20. The fourth-order valence-corrected chi connectivity index (χ4v) is 3.87. The normalized spacial score (nSPS) is 18.1. The Bertz CT molecular complexity index is 721. The first-order chi connectivity index (χ1) is 11.3. The number of rotatable bonds is 2. The quantitative estimate of drug-likeness (QED) is 0.905. The third-order valence-electron chi connectivity index (χ3n) is 4.18. The molecule has 2 aromatic rings. The monoisotopic (exact) mass is 329 g/mol. The highest BCUT2D eigenvalue weighted by Gasteiger charge is 2.25. The number of hydrogen-bond acceptors (Lipinski definition) is 6. The molecule has 1 aromatic heterocycles. The fraction of sp³-hybridized carbons (Fsp3) is 0.375. The van der Waals surface area contributed by atoms with Gasteiger partial charge < -0.3 is 10.0 Å². The molecule has 2 aliphatic heterocycles. The van der Waals surface area contributed by atoms with Crippen LogP contribution in [0.3, 0.4) is 0 Å². The molecular formula is C16H19N5OS. The summed E-state index contributed by atoms with van der Waals surface area (Å²) in [6.45, 7) is 4.66. The van der Waals surface area contributed by atoms with Crippen molar-refractivity contribution < 1.29 is 5.11 Å². The summed E-state index contributed by atoms with van der Waals surface area (Å²) in [7, 11) is 0. The number of β-amino-alcohol motifs (C(OH)–C–C–N with tert-alkyl or cyclic N) is 1. The van der Waals surface area contributed by atoms with Crippen molar-refractivity contribution in [3.05, 3.63) is 36.7 Å². The predicted molar refractivity (Wildman–Crippen MR) is 90.4 cm³/mol. The minimum Gasteiger partial charge on any atom is -0.395 e. The number of benzene rings is 1. The van der Waals surface area contributed by atoms with E-state index in [1.165, 1.54) is 0 Å². The summed E-state index contributed by atoms with van der Waals surface area (Å²) in [5.41, 5.74) is 0.996. The summed E-state index contributed by atoms with van der Waals surface area (Å²) >= 11 is 1.65. The lowest BCUT2D eigenvalue weighted by atomic mass is 10.3. The molecule has 1 N–H and O–H groups in total. The molecular weight excluding hydrogens is 310 g/mol. The van der Waals surface area contributed by atoms with Gasteiger partial charge in [0.1, 0.15) is 0 Å². The Hall–Kier alpha value is -1.83. The average Bonchev–Trinajstić information content (AvgIpc) is 2.97. The van der Waals surface area contributed by atoms with E-state index in [0.717, 1.165) is 54.4 Å². The highest BCUT2D eigenvalue weighted by atomic mass is 32.2. The number of hydrogen-bond donors (Lipinski definition) is 1. The fourth-order valence-electron chi connectivity index (χ4n) is 2.95. The molecule has 0 bridgehead atoms. The molecule has 1 aromatic carbocycles. The van der Waals surface area contributed by atoms with E-state index in [1.54, 1.807) is 11.8 Å². The van der Waals surface area contributed by atoms with E-state index >= 15 is 0 Å². The van der Waals surface area contributed by atoms with Crippen molar-refractivity contribution in [2.75, 3.05) is 39.3 Å². The first kappa shape index (κ1) is 14.7. The SMILES string of the molecule is OCCN1CCN(C2=Nc3ccccc3Sc3nccn32)CC1. The Balaban J connectivity index is 1.66. The number of aliphatic hydroxyl groups is 1. The van der Waals surface area contributed by atoms with Crippen LogP contribution in [0, 0.1) is 0 Å². The lowest BCUT2D eigenvalue weighted by Crippen LogP contribution is -2.50. The first-order valence-electron chi connectivity index (χ1n) is 7.82. The Morgan fingerprint density at radius 2 is 1.96 bits per heavy atom. The maximum Gasteiger partial charge on any atom is 0.212 e. The van der Waals surface area contributed by atoms with Gasteiger partial charge in [-0.2, -0.15) is 0 Å². The highest BCUT2D eigenvalue weighted by Crippen LogP contribution is 2.37. The zero-order valence-electron chi connectivity index (χ0n) is 12.8. The van der Waals surface area contributed by atoms with Crippen molar-refractivity contribution in [3.8, 4) is 0 Å². The second-order valence-corrected chi connectivity index (χ2v) is 6.62. The van der Waals surface area contributed by atoms with Crippen LogP contribution in [-0.4, -0.2) is 69.7 Å². The van der Waals surface area contributed by atoms with E-state index in [1.807, 2.05) is 24.5 Å². The van der Waals surface area contributed by atoms with Crippen molar-refractivity contribution in [2.45, 2.75) is 10.1 Å². The maximum absolute atomic E-state index is 9.09. The smallest absolute Gasteiger partial charge is 0.212 e. The van der Waals surface area contributed by atoms with E-state index < -0.39 is 0 Å². The van der Waals surface area contributed by atoms with Crippen LogP contribution >= 0.6 is 11.8 Å². The van der Waals surface area contributed by atoms with E-state index in [-0.39, 0.29) is 6.61 Å². The van der Waals surface area contributed by atoms with Gasteiger partial charge in [0.25, 0.3) is 0 Å². The van der Waals surface area contributed by atoms with Gasteiger partial charge in [0.2, 0.25) is 5.96 Å². The molecule has 1 fully saturated rings. The molecule has 23 heavy (non-hydrogen) atoms. The molecule has 6 nitrogen and oxygen atoms in total. The van der Waals surface area contributed by atoms with Crippen molar-refractivity contribution in [3.63, 3.8) is 0 Å². The zero-order chi connectivity index (χ0) is 15.6. The molecule has 7 heteroatoms. The molecule has 0 amide bonds. The summed E-state index contributed by atoms with van der Waals surface area (Å²) in [5, 5.41) is 10.0. The zero-order valence-corrected chi connectivity index (χ0v) is 13.6. The van der Waals surface area contributed by atoms with Gasteiger partial charge in [0.05, 0.1) is 12.3 Å². The summed E-state index contributed by atoms with van der Waals surface area (Å²) in [6.07, 6.45) is 3.81. The van der Waals surface area contributed by atoms with Crippen LogP contribution in [0.25, 0.3) is 0 Å². The second-order valence-electron chi connectivity index (χ2n) is 5.61. The predicted octanol–water partition coefficient (Wildman–Crippen LogP) is 1.49. The van der Waals surface area contributed by atoms with E-state index in [2.05, 4.69) is 31.5 Å². The standard InChI is InChI=1S/C16H19N5OS/c22-12-11-19-7-9-20(10-8-19)15-18-13-3-1-2-4-14(13)23-16-17-5-6-21(15)16/h1-6,22H,7-12H2. The van der Waals surface area contributed by atoms with Crippen LogP contribution in [0.15, 0.2) is 51.7 Å². The van der Waals surface area contributed by atoms with Crippen LogP contribution in [0.2, 0.25) is 0 Å². The largest absolute Gasteiger partial charge is 0.395 e. The van der Waals surface area contributed by atoms with E-state index in [4.69, 9.17) is 10.1 Å². The van der Waals surface area contributed by atoms with Crippen LogP contribution < -0.4 is 0 Å². The third-order valence-corrected chi connectivity index (χ3v) is 5.23. The Morgan fingerprint density at radius 3 is 2.78 bits per heavy atom. The number of aliphatic hydroxyl groups excluding tert-OH is 1. The molecule has 0 aliphatic carbocycles. The van der Waals surface area contributed by atoms with E-state index in [0.29, 0.717) is 0 Å². The van der Waals surface area contributed by atoms with Gasteiger partial charge in [-0.25, -0.2) is 9.98 Å².